The summed E-state index contributed by atoms with van der Waals surface area (Å²) in [6, 6.07) is 8.64. The van der Waals surface area contributed by atoms with E-state index in [1.165, 1.54) is 10.5 Å². The van der Waals surface area contributed by atoms with Crippen molar-refractivity contribution in [3.05, 3.63) is 29.8 Å². The van der Waals surface area contributed by atoms with Crippen LogP contribution in [0.4, 0.5) is 0 Å². The van der Waals surface area contributed by atoms with Gasteiger partial charge in [-0.2, -0.15) is 0 Å². The van der Waals surface area contributed by atoms with E-state index in [9.17, 15) is 4.79 Å². The number of carbonyl (C=O) groups is 1. The third-order valence-electron chi connectivity index (χ3n) is 4.82. The molecule has 1 fully saturated rings. The Morgan fingerprint density at radius 1 is 1.17 bits per heavy atom. The summed E-state index contributed by atoms with van der Waals surface area (Å²) in [5.74, 6) is 1.11. The van der Waals surface area contributed by atoms with Crippen molar-refractivity contribution in [2.24, 2.45) is 0 Å². The van der Waals surface area contributed by atoms with Gasteiger partial charge in [-0.3, -0.25) is 4.79 Å². The molecule has 1 saturated heterocycles. The van der Waals surface area contributed by atoms with Crippen LogP contribution in [0.15, 0.2) is 24.3 Å². The maximum Gasteiger partial charge on any atom is 0.275 e. The van der Waals surface area contributed by atoms with Gasteiger partial charge in [-0.1, -0.05) is 13.3 Å². The molecule has 0 unspecified atom stereocenters. The van der Waals surface area contributed by atoms with Crippen molar-refractivity contribution >= 4 is 5.91 Å². The molecule has 1 aromatic rings. The van der Waals surface area contributed by atoms with Gasteiger partial charge in [-0.15, -0.1) is 0 Å². The highest BCUT2D eigenvalue weighted by Crippen LogP contribution is 2.10. The van der Waals surface area contributed by atoms with E-state index in [0.29, 0.717) is 12.6 Å². The number of hydrogen-bond donors (Lipinski definition) is 3. The van der Waals surface area contributed by atoms with Crippen molar-refractivity contribution in [1.82, 2.24) is 5.32 Å². The highest BCUT2D eigenvalue weighted by atomic mass is 16.5. The molecule has 5 nitrogen and oxygen atoms in total. The number of benzene rings is 1. The smallest absolute Gasteiger partial charge is 0.275 e. The second kappa shape index (κ2) is 9.64. The van der Waals surface area contributed by atoms with E-state index >= 15 is 0 Å². The van der Waals surface area contributed by atoms with Gasteiger partial charge in [-0.05, 0) is 37.6 Å². The highest BCUT2D eigenvalue weighted by Gasteiger charge is 2.25. The van der Waals surface area contributed by atoms with E-state index < -0.39 is 0 Å². The molecule has 1 atom stereocenters. The van der Waals surface area contributed by atoms with Crippen LogP contribution in [0.25, 0.3) is 0 Å². The van der Waals surface area contributed by atoms with Crippen molar-refractivity contribution < 1.29 is 19.3 Å². The molecule has 0 aromatic heterocycles. The Kier molecular flexibility index (Phi) is 7.53. The number of carbonyl (C=O) groups excluding carboxylic acids is 1. The molecule has 2 rings (SSSR count). The lowest BCUT2D eigenvalue weighted by atomic mass is 10.2. The van der Waals surface area contributed by atoms with Crippen LogP contribution in [0.3, 0.4) is 0 Å². The molecule has 0 radical (unpaired) electrons. The van der Waals surface area contributed by atoms with Gasteiger partial charge in [0.1, 0.15) is 38.5 Å². The third-order valence-corrected chi connectivity index (χ3v) is 4.82. The number of methoxy groups -OCH3 is 1. The summed E-state index contributed by atoms with van der Waals surface area (Å²) in [4.78, 5) is 15.1. The van der Waals surface area contributed by atoms with Crippen LogP contribution >= 0.6 is 0 Å². The van der Waals surface area contributed by atoms with Crippen LogP contribution in [0, 0.1) is 0 Å². The molecule has 0 saturated carbocycles. The second-order valence-electron chi connectivity index (χ2n) is 6.96. The number of ether oxygens (including phenoxy) is 1. The van der Waals surface area contributed by atoms with Gasteiger partial charge in [0.15, 0.2) is 6.54 Å². The van der Waals surface area contributed by atoms with Crippen LogP contribution in [0.5, 0.6) is 5.75 Å². The van der Waals surface area contributed by atoms with Crippen molar-refractivity contribution in [1.29, 1.82) is 0 Å². The van der Waals surface area contributed by atoms with Crippen molar-refractivity contribution in [2.45, 2.75) is 39.3 Å². The lowest BCUT2D eigenvalue weighted by molar-refractivity contribution is -1.02. The standard InChI is InChI=1S/C19H31N3O2/c1-4-5-16(2)20-19(23)15-22-12-10-21(11-13-22)14-17-6-8-18(24-3)9-7-17/h6-9,16H,4-5,10-15H2,1-3H3,(H,20,23)/p+2/t16-/m0/s1. The quantitative estimate of drug-likeness (QED) is 0.587. The zero-order valence-electron chi connectivity index (χ0n) is 15.4. The molecule has 24 heavy (non-hydrogen) atoms. The molecule has 3 N–H and O–H groups in total. The summed E-state index contributed by atoms with van der Waals surface area (Å²) in [7, 11) is 1.70. The zero-order valence-corrected chi connectivity index (χ0v) is 15.4. The first-order chi connectivity index (χ1) is 11.6. The number of rotatable bonds is 8. The SMILES string of the molecule is CCC[C@H](C)NC(=O)C[NH+]1CC[NH+](Cc2ccc(OC)cc2)CC1. The van der Waals surface area contributed by atoms with E-state index in [-0.39, 0.29) is 5.91 Å². The van der Waals surface area contributed by atoms with Gasteiger partial charge >= 0.3 is 0 Å². The maximum atomic E-state index is 12.1. The van der Waals surface area contributed by atoms with Crippen molar-refractivity contribution in [3.63, 3.8) is 0 Å². The Bertz CT molecular complexity index is 496. The predicted octanol–water partition coefficient (Wildman–Crippen LogP) is -0.717. The Balaban J connectivity index is 1.69. The minimum Gasteiger partial charge on any atom is -0.497 e. The van der Waals surface area contributed by atoms with Gasteiger partial charge in [0.2, 0.25) is 0 Å². The van der Waals surface area contributed by atoms with Crippen LogP contribution in [0.2, 0.25) is 0 Å². The lowest BCUT2D eigenvalue weighted by Crippen LogP contribution is -3.28. The normalized spacial score (nSPS) is 22.0. The molecule has 5 heteroatoms. The number of nitrogens with one attached hydrogen (secondary N) is 3. The molecule has 1 amide bonds. The van der Waals surface area contributed by atoms with Crippen LogP contribution in [-0.2, 0) is 11.3 Å². The Morgan fingerprint density at radius 2 is 1.79 bits per heavy atom. The highest BCUT2D eigenvalue weighted by molar-refractivity contribution is 5.77. The summed E-state index contributed by atoms with van der Waals surface area (Å²) >= 11 is 0. The molecule has 134 valence electrons. The first-order valence-corrected chi connectivity index (χ1v) is 9.20. The third kappa shape index (κ3) is 6.13. The number of amides is 1. The van der Waals surface area contributed by atoms with Gasteiger partial charge in [-0.25, -0.2) is 0 Å². The van der Waals surface area contributed by atoms with E-state index in [2.05, 4.69) is 31.3 Å². The minimum absolute atomic E-state index is 0.199. The average molecular weight is 335 g/mol. The van der Waals surface area contributed by atoms with E-state index in [1.807, 2.05) is 12.1 Å². The second-order valence-corrected chi connectivity index (χ2v) is 6.96. The fourth-order valence-electron chi connectivity index (χ4n) is 3.40. The largest absolute Gasteiger partial charge is 0.497 e. The number of piperazine rings is 1. The predicted molar refractivity (Wildman–Crippen MR) is 95.5 cm³/mol. The summed E-state index contributed by atoms with van der Waals surface area (Å²) in [6.07, 6.45) is 2.17. The molecular formula is C19H33N3O2+2. The van der Waals surface area contributed by atoms with Crippen molar-refractivity contribution in [2.75, 3.05) is 39.8 Å². The Labute approximate surface area is 146 Å². The molecule has 0 aliphatic carbocycles. The zero-order chi connectivity index (χ0) is 17.4. The number of quaternary nitrogens is 2. The molecule has 1 aromatic carbocycles. The van der Waals surface area contributed by atoms with Crippen molar-refractivity contribution in [3.8, 4) is 5.75 Å². The molecule has 1 heterocycles. The fraction of sp³-hybridized carbons (Fsp3) is 0.632. The molecular weight excluding hydrogens is 302 g/mol. The van der Waals surface area contributed by atoms with Gasteiger partial charge in [0, 0.05) is 11.6 Å². The topological polar surface area (TPSA) is 47.2 Å². The summed E-state index contributed by atoms with van der Waals surface area (Å²) in [6.45, 7) is 10.3. The monoisotopic (exact) mass is 335 g/mol. The lowest BCUT2D eigenvalue weighted by Gasteiger charge is -2.29. The van der Waals surface area contributed by atoms with E-state index in [4.69, 9.17) is 4.74 Å². The van der Waals surface area contributed by atoms with Crippen LogP contribution in [0.1, 0.15) is 32.3 Å². The minimum atomic E-state index is 0.199. The van der Waals surface area contributed by atoms with Gasteiger partial charge in [0.05, 0.1) is 7.11 Å². The molecule has 0 spiro atoms. The van der Waals surface area contributed by atoms with Crippen LogP contribution in [-0.4, -0.2) is 51.8 Å². The summed E-state index contributed by atoms with van der Waals surface area (Å²) < 4.78 is 5.20. The fourth-order valence-corrected chi connectivity index (χ4v) is 3.40. The van der Waals surface area contributed by atoms with E-state index in [0.717, 1.165) is 51.3 Å². The van der Waals surface area contributed by atoms with Gasteiger partial charge < -0.3 is 19.9 Å². The molecule has 0 bridgehead atoms. The molecule has 1 aliphatic heterocycles. The maximum absolute atomic E-state index is 12.1. The number of hydrogen-bond acceptors (Lipinski definition) is 2. The first-order valence-electron chi connectivity index (χ1n) is 9.20. The Hall–Kier alpha value is -1.59. The van der Waals surface area contributed by atoms with Gasteiger partial charge in [0.25, 0.3) is 5.91 Å². The summed E-state index contributed by atoms with van der Waals surface area (Å²) in [5.41, 5.74) is 1.35. The van der Waals surface area contributed by atoms with Crippen LogP contribution < -0.4 is 19.9 Å². The van der Waals surface area contributed by atoms with E-state index in [1.54, 1.807) is 12.0 Å². The first kappa shape index (κ1) is 18.7. The Morgan fingerprint density at radius 3 is 2.38 bits per heavy atom. The average Bonchev–Trinajstić information content (AvgIpc) is 2.57. The summed E-state index contributed by atoms with van der Waals surface area (Å²) in [5, 5.41) is 3.11. The molecule has 1 aliphatic rings.